The predicted molar refractivity (Wildman–Crippen MR) is 64.8 cm³/mol. The first-order valence-corrected chi connectivity index (χ1v) is 5.26. The molecule has 0 saturated heterocycles. The molecule has 0 fully saturated rings. The van der Waals surface area contributed by atoms with E-state index in [1.807, 2.05) is 5.43 Å². The molecule has 0 bridgehead atoms. The highest BCUT2D eigenvalue weighted by molar-refractivity contribution is 5.96. The fourth-order valence-electron chi connectivity index (χ4n) is 1.52. The number of carbonyl (C=O) groups excluding carboxylic acids is 2. The largest absolute Gasteiger partial charge is 0.497 e. The van der Waals surface area contributed by atoms with Crippen LogP contribution in [0.2, 0.25) is 0 Å². The van der Waals surface area contributed by atoms with Crippen LogP contribution >= 0.6 is 0 Å². The first-order chi connectivity index (χ1) is 8.92. The lowest BCUT2D eigenvalue weighted by molar-refractivity contribution is -0.132. The Bertz CT molecular complexity index is 491. The number of aliphatic hydroxyl groups excluding tert-OH is 2. The molecule has 2 amide bonds. The molecule has 0 heterocycles. The summed E-state index contributed by atoms with van der Waals surface area (Å²) in [5.74, 6) is 3.56. The van der Waals surface area contributed by atoms with E-state index in [-0.39, 0.29) is 11.1 Å². The van der Waals surface area contributed by atoms with Crippen LogP contribution in [0, 0.1) is 0 Å². The van der Waals surface area contributed by atoms with Crippen molar-refractivity contribution in [1.29, 1.82) is 0 Å². The van der Waals surface area contributed by atoms with Gasteiger partial charge in [-0.2, -0.15) is 0 Å². The third kappa shape index (κ3) is 3.19. The van der Waals surface area contributed by atoms with Gasteiger partial charge in [0, 0.05) is 0 Å². The molecule has 8 heteroatoms. The second-order valence-corrected chi connectivity index (χ2v) is 3.72. The molecule has 2 unspecified atom stereocenters. The van der Waals surface area contributed by atoms with Crippen molar-refractivity contribution in [2.75, 3.05) is 7.11 Å². The quantitative estimate of drug-likeness (QED) is 0.241. The Morgan fingerprint density at radius 1 is 1.37 bits per heavy atom. The zero-order valence-corrected chi connectivity index (χ0v) is 10.2. The summed E-state index contributed by atoms with van der Waals surface area (Å²) >= 11 is 0. The summed E-state index contributed by atoms with van der Waals surface area (Å²) in [6.07, 6.45) is -3.48. The van der Waals surface area contributed by atoms with E-state index >= 15 is 0 Å². The highest BCUT2D eigenvalue weighted by Crippen LogP contribution is 2.25. The van der Waals surface area contributed by atoms with Crippen LogP contribution in [0.5, 0.6) is 5.75 Å². The van der Waals surface area contributed by atoms with Crippen molar-refractivity contribution in [1.82, 2.24) is 5.43 Å². The Hall–Kier alpha value is -2.16. The van der Waals surface area contributed by atoms with Crippen molar-refractivity contribution >= 4 is 11.8 Å². The number of primary amides is 1. The summed E-state index contributed by atoms with van der Waals surface area (Å²) < 4.78 is 4.94. The van der Waals surface area contributed by atoms with Crippen molar-refractivity contribution in [2.45, 2.75) is 12.2 Å². The number of nitrogens with two attached hydrogens (primary N) is 2. The summed E-state index contributed by atoms with van der Waals surface area (Å²) in [5, 5.41) is 19.3. The number of hydrazine groups is 1. The van der Waals surface area contributed by atoms with E-state index in [0.717, 1.165) is 0 Å². The Morgan fingerprint density at radius 2 is 2.00 bits per heavy atom. The number of hydrogen-bond acceptors (Lipinski definition) is 6. The molecule has 0 spiro atoms. The molecule has 1 rings (SSSR count). The number of hydrogen-bond donors (Lipinski definition) is 5. The zero-order chi connectivity index (χ0) is 14.6. The Balaban J connectivity index is 3.26. The average molecular weight is 269 g/mol. The van der Waals surface area contributed by atoms with Crippen LogP contribution in [-0.2, 0) is 4.79 Å². The van der Waals surface area contributed by atoms with E-state index in [4.69, 9.17) is 16.3 Å². The number of ether oxygens (including phenoxy) is 1. The summed E-state index contributed by atoms with van der Waals surface area (Å²) in [7, 11) is 1.40. The number of aliphatic hydroxyl groups is 2. The Morgan fingerprint density at radius 3 is 2.47 bits per heavy atom. The zero-order valence-electron chi connectivity index (χ0n) is 10.2. The molecule has 0 aliphatic carbocycles. The summed E-state index contributed by atoms with van der Waals surface area (Å²) in [5.41, 5.74) is 6.76. The number of rotatable bonds is 5. The molecule has 7 N–H and O–H groups in total. The van der Waals surface area contributed by atoms with Gasteiger partial charge < -0.3 is 20.7 Å². The molecule has 8 nitrogen and oxygen atoms in total. The maximum absolute atomic E-state index is 11.6. The molecular formula is C11H15N3O5. The molecule has 104 valence electrons. The average Bonchev–Trinajstić information content (AvgIpc) is 2.43. The van der Waals surface area contributed by atoms with Crippen LogP contribution in [0.25, 0.3) is 0 Å². The maximum atomic E-state index is 11.6. The van der Waals surface area contributed by atoms with Crippen LogP contribution in [0.3, 0.4) is 0 Å². The third-order valence-electron chi connectivity index (χ3n) is 2.55. The fourth-order valence-corrected chi connectivity index (χ4v) is 1.52. The first kappa shape index (κ1) is 14.9. The van der Waals surface area contributed by atoms with Crippen molar-refractivity contribution in [3.05, 3.63) is 29.3 Å². The molecule has 2 atom stereocenters. The Labute approximate surface area is 108 Å². The Kier molecular flexibility index (Phi) is 4.81. The smallest absolute Gasteiger partial charge is 0.265 e. The fraction of sp³-hybridized carbons (Fsp3) is 0.273. The van der Waals surface area contributed by atoms with Gasteiger partial charge in [-0.15, -0.1) is 0 Å². The van der Waals surface area contributed by atoms with Gasteiger partial charge in [-0.05, 0) is 17.7 Å². The summed E-state index contributed by atoms with van der Waals surface area (Å²) in [4.78, 5) is 22.4. The lowest BCUT2D eigenvalue weighted by Gasteiger charge is -2.18. The minimum atomic E-state index is -1.84. The normalized spacial score (nSPS) is 13.5. The van der Waals surface area contributed by atoms with Crippen LogP contribution < -0.4 is 21.7 Å². The minimum Gasteiger partial charge on any atom is -0.497 e. The van der Waals surface area contributed by atoms with Gasteiger partial charge in [0.15, 0.2) is 6.10 Å². The van der Waals surface area contributed by atoms with Crippen molar-refractivity contribution in [2.24, 2.45) is 11.6 Å². The number of methoxy groups -OCH3 is 1. The van der Waals surface area contributed by atoms with Gasteiger partial charge in [0.2, 0.25) is 5.91 Å². The molecule has 0 radical (unpaired) electrons. The standard InChI is InChI=1S/C11H15N3O5/c1-19-5-2-3-6(7(4-5)11(18)14-13)8(15)9(16)10(12)17/h2-4,8-9,15-16H,13H2,1H3,(H2,12,17)(H,14,18). The van der Waals surface area contributed by atoms with Gasteiger partial charge >= 0.3 is 0 Å². The van der Waals surface area contributed by atoms with Gasteiger partial charge in [0.1, 0.15) is 11.9 Å². The molecule has 0 aromatic heterocycles. The van der Waals surface area contributed by atoms with Gasteiger partial charge in [-0.25, -0.2) is 5.84 Å². The van der Waals surface area contributed by atoms with Crippen molar-refractivity contribution in [3.8, 4) is 5.75 Å². The van der Waals surface area contributed by atoms with E-state index in [0.29, 0.717) is 5.75 Å². The predicted octanol–water partition coefficient (Wildman–Crippen LogP) is -1.82. The number of carbonyl (C=O) groups is 2. The van der Waals surface area contributed by atoms with E-state index in [9.17, 15) is 19.8 Å². The van der Waals surface area contributed by atoms with E-state index in [1.54, 1.807) is 0 Å². The lowest BCUT2D eigenvalue weighted by Crippen LogP contribution is -2.36. The van der Waals surface area contributed by atoms with Gasteiger partial charge in [-0.1, -0.05) is 6.07 Å². The SMILES string of the molecule is COc1ccc(C(O)C(O)C(N)=O)c(C(=O)NN)c1. The molecule has 0 aliphatic rings. The van der Waals surface area contributed by atoms with Gasteiger partial charge in [0.05, 0.1) is 12.7 Å². The topological polar surface area (TPSA) is 148 Å². The van der Waals surface area contributed by atoms with Gasteiger partial charge in [0.25, 0.3) is 5.91 Å². The van der Waals surface area contributed by atoms with Crippen molar-refractivity contribution < 1.29 is 24.5 Å². The van der Waals surface area contributed by atoms with Crippen LogP contribution in [0.1, 0.15) is 22.0 Å². The lowest BCUT2D eigenvalue weighted by atomic mass is 9.97. The second-order valence-electron chi connectivity index (χ2n) is 3.72. The van der Waals surface area contributed by atoms with Crippen LogP contribution in [-0.4, -0.2) is 35.2 Å². The molecule has 0 saturated carbocycles. The highest BCUT2D eigenvalue weighted by Gasteiger charge is 2.27. The molecule has 1 aromatic rings. The maximum Gasteiger partial charge on any atom is 0.265 e. The number of amides is 2. The number of nitrogens with one attached hydrogen (secondary N) is 1. The highest BCUT2D eigenvalue weighted by atomic mass is 16.5. The van der Waals surface area contributed by atoms with E-state index < -0.39 is 24.0 Å². The van der Waals surface area contributed by atoms with Crippen LogP contribution in [0.4, 0.5) is 0 Å². The summed E-state index contributed by atoms with van der Waals surface area (Å²) in [6, 6.07) is 4.11. The second kappa shape index (κ2) is 6.14. The number of nitrogen functional groups attached to an aromatic ring is 1. The van der Waals surface area contributed by atoms with E-state index in [2.05, 4.69) is 0 Å². The molecular weight excluding hydrogens is 254 g/mol. The molecule has 1 aromatic carbocycles. The number of benzene rings is 1. The van der Waals surface area contributed by atoms with Crippen molar-refractivity contribution in [3.63, 3.8) is 0 Å². The van der Waals surface area contributed by atoms with E-state index in [1.165, 1.54) is 25.3 Å². The molecule has 19 heavy (non-hydrogen) atoms. The monoisotopic (exact) mass is 269 g/mol. The minimum absolute atomic E-state index is 0.00931. The third-order valence-corrected chi connectivity index (χ3v) is 2.55. The van der Waals surface area contributed by atoms with Gasteiger partial charge in [-0.3, -0.25) is 15.0 Å². The molecule has 0 aliphatic heterocycles. The van der Waals surface area contributed by atoms with Crippen LogP contribution in [0.15, 0.2) is 18.2 Å². The first-order valence-electron chi connectivity index (χ1n) is 5.26. The summed E-state index contributed by atoms with van der Waals surface area (Å²) in [6.45, 7) is 0.